The molecule has 0 amide bonds. The van der Waals surface area contributed by atoms with E-state index in [2.05, 4.69) is 13.8 Å². The van der Waals surface area contributed by atoms with Gasteiger partial charge in [0, 0.05) is 0 Å². The molecule has 4 atom stereocenters. The van der Waals surface area contributed by atoms with Crippen molar-refractivity contribution < 1.29 is 9.53 Å². The zero-order chi connectivity index (χ0) is 12.8. The van der Waals surface area contributed by atoms with E-state index in [0.29, 0.717) is 11.8 Å². The Balaban J connectivity index is 2.02. The van der Waals surface area contributed by atoms with Gasteiger partial charge in [-0.2, -0.15) is 0 Å². The van der Waals surface area contributed by atoms with Crippen LogP contribution in [0.5, 0.6) is 0 Å². The van der Waals surface area contributed by atoms with E-state index in [-0.39, 0.29) is 17.5 Å². The van der Waals surface area contributed by atoms with Gasteiger partial charge in [0.25, 0.3) is 0 Å². The number of ether oxygens (including phenoxy) is 1. The molecule has 0 aromatic carbocycles. The van der Waals surface area contributed by atoms with E-state index >= 15 is 0 Å². The largest absolute Gasteiger partial charge is 0.460 e. The fraction of sp³-hybridized carbons (Fsp3) is 0.933. The summed E-state index contributed by atoms with van der Waals surface area (Å²) < 4.78 is 5.56. The Morgan fingerprint density at radius 2 is 1.82 bits per heavy atom. The molecule has 0 aromatic rings. The molecule has 2 aliphatic rings. The van der Waals surface area contributed by atoms with Crippen LogP contribution in [0, 0.1) is 29.6 Å². The summed E-state index contributed by atoms with van der Waals surface area (Å²) >= 11 is 0. The predicted molar refractivity (Wildman–Crippen MR) is 68.5 cm³/mol. The van der Waals surface area contributed by atoms with Crippen molar-refractivity contribution in [3.05, 3.63) is 0 Å². The Bertz CT molecular complexity index is 301. The first-order valence-corrected chi connectivity index (χ1v) is 7.01. The van der Waals surface area contributed by atoms with Gasteiger partial charge in [-0.05, 0) is 63.7 Å². The van der Waals surface area contributed by atoms with Gasteiger partial charge in [0.2, 0.25) is 0 Å². The molecular weight excluding hydrogens is 212 g/mol. The van der Waals surface area contributed by atoms with Crippen molar-refractivity contribution in [2.45, 2.75) is 59.5 Å². The molecule has 0 N–H and O–H groups in total. The zero-order valence-corrected chi connectivity index (χ0v) is 11.8. The Labute approximate surface area is 105 Å². The highest BCUT2D eigenvalue weighted by molar-refractivity contribution is 5.74. The number of carbonyl (C=O) groups is 1. The van der Waals surface area contributed by atoms with E-state index in [0.717, 1.165) is 18.3 Å². The lowest BCUT2D eigenvalue weighted by Gasteiger charge is -2.32. The minimum atomic E-state index is -0.341. The smallest absolute Gasteiger partial charge is 0.309 e. The first-order valence-electron chi connectivity index (χ1n) is 7.01. The van der Waals surface area contributed by atoms with Crippen molar-refractivity contribution in [1.29, 1.82) is 0 Å². The maximum absolute atomic E-state index is 12.2. The minimum Gasteiger partial charge on any atom is -0.460 e. The minimum absolute atomic E-state index is 0.0513. The second-order valence-electron chi connectivity index (χ2n) is 7.28. The summed E-state index contributed by atoms with van der Waals surface area (Å²) in [4.78, 5) is 12.2. The van der Waals surface area contributed by atoms with Crippen molar-refractivity contribution in [2.24, 2.45) is 29.6 Å². The molecule has 2 rings (SSSR count). The summed E-state index contributed by atoms with van der Waals surface area (Å²) in [6.45, 7) is 10.4. The topological polar surface area (TPSA) is 26.3 Å². The van der Waals surface area contributed by atoms with Crippen LogP contribution in [-0.2, 0) is 9.53 Å². The third-order valence-corrected chi connectivity index (χ3v) is 4.43. The number of carbonyl (C=O) groups excluding carboxylic acids is 1. The highest BCUT2D eigenvalue weighted by Crippen LogP contribution is 2.54. The molecule has 0 aliphatic heterocycles. The third kappa shape index (κ3) is 2.66. The maximum atomic E-state index is 12.2. The summed E-state index contributed by atoms with van der Waals surface area (Å²) in [7, 11) is 0. The average molecular weight is 238 g/mol. The Kier molecular flexibility index (Phi) is 3.26. The summed E-state index contributed by atoms with van der Waals surface area (Å²) in [6, 6.07) is 0. The molecule has 4 unspecified atom stereocenters. The molecule has 0 spiro atoms. The molecular formula is C15H26O2. The maximum Gasteiger partial charge on any atom is 0.309 e. The number of rotatable bonds is 2. The van der Waals surface area contributed by atoms with Crippen molar-refractivity contribution in [3.8, 4) is 0 Å². The standard InChI is InChI=1S/C15H26O2/c1-9(2)11-6-10-7-12(11)13(8-10)14(16)17-15(3,4)5/h9-13H,6-8H2,1-5H3. The predicted octanol–water partition coefficient (Wildman–Crippen LogP) is 3.65. The van der Waals surface area contributed by atoms with Crippen molar-refractivity contribution in [3.63, 3.8) is 0 Å². The molecule has 98 valence electrons. The number of fused-ring (bicyclic) bond motifs is 2. The SMILES string of the molecule is CC(C)C1CC2CC(C(=O)OC(C)(C)C)C1C2. The first-order chi connectivity index (χ1) is 7.78. The molecule has 17 heavy (non-hydrogen) atoms. The van der Waals surface area contributed by atoms with E-state index in [1.165, 1.54) is 12.8 Å². The van der Waals surface area contributed by atoms with Gasteiger partial charge in [-0.25, -0.2) is 0 Å². The number of hydrogen-bond acceptors (Lipinski definition) is 2. The van der Waals surface area contributed by atoms with Crippen LogP contribution in [0.4, 0.5) is 0 Å². The molecule has 2 heteroatoms. The number of hydrogen-bond donors (Lipinski definition) is 0. The van der Waals surface area contributed by atoms with Crippen molar-refractivity contribution >= 4 is 5.97 Å². The molecule has 2 bridgehead atoms. The highest BCUT2D eigenvalue weighted by atomic mass is 16.6. The fourth-order valence-corrected chi connectivity index (χ4v) is 3.82. The monoisotopic (exact) mass is 238 g/mol. The van der Waals surface area contributed by atoms with Crippen LogP contribution in [0.1, 0.15) is 53.9 Å². The van der Waals surface area contributed by atoms with Gasteiger partial charge in [-0.3, -0.25) is 4.79 Å². The molecule has 0 saturated heterocycles. The van der Waals surface area contributed by atoms with E-state index in [1.807, 2.05) is 20.8 Å². The van der Waals surface area contributed by atoms with Crippen molar-refractivity contribution in [2.75, 3.05) is 0 Å². The van der Waals surface area contributed by atoms with Gasteiger partial charge in [0.1, 0.15) is 5.60 Å². The van der Waals surface area contributed by atoms with Crippen molar-refractivity contribution in [1.82, 2.24) is 0 Å². The second kappa shape index (κ2) is 4.29. The van der Waals surface area contributed by atoms with Gasteiger partial charge >= 0.3 is 5.97 Å². The van der Waals surface area contributed by atoms with Crippen LogP contribution in [-0.4, -0.2) is 11.6 Å². The fourth-order valence-electron chi connectivity index (χ4n) is 3.82. The lowest BCUT2D eigenvalue weighted by atomic mass is 9.75. The Hall–Kier alpha value is -0.530. The first kappa shape index (κ1) is 12.9. The Morgan fingerprint density at radius 3 is 2.29 bits per heavy atom. The van der Waals surface area contributed by atoms with Gasteiger partial charge < -0.3 is 4.74 Å². The lowest BCUT2D eigenvalue weighted by molar-refractivity contribution is -0.162. The average Bonchev–Trinajstić information content (AvgIpc) is 2.72. The van der Waals surface area contributed by atoms with E-state index in [4.69, 9.17) is 4.74 Å². The van der Waals surface area contributed by atoms with Crippen LogP contribution in [0.25, 0.3) is 0 Å². The summed E-state index contributed by atoms with van der Waals surface area (Å²) in [5, 5.41) is 0. The molecule has 2 saturated carbocycles. The molecule has 0 radical (unpaired) electrons. The van der Waals surface area contributed by atoms with Gasteiger partial charge in [0.15, 0.2) is 0 Å². The van der Waals surface area contributed by atoms with E-state index in [9.17, 15) is 4.79 Å². The van der Waals surface area contributed by atoms with Gasteiger partial charge in [-0.15, -0.1) is 0 Å². The van der Waals surface area contributed by atoms with E-state index < -0.39 is 0 Å². The normalized spacial score (nSPS) is 36.6. The summed E-state index contributed by atoms with van der Waals surface area (Å²) in [6.07, 6.45) is 3.66. The molecule has 0 aromatic heterocycles. The quantitative estimate of drug-likeness (QED) is 0.686. The summed E-state index contributed by atoms with van der Waals surface area (Å²) in [5.74, 6) is 3.05. The van der Waals surface area contributed by atoms with Gasteiger partial charge in [0.05, 0.1) is 5.92 Å². The molecule has 2 aliphatic carbocycles. The third-order valence-electron chi connectivity index (χ3n) is 4.43. The molecule has 2 fully saturated rings. The number of esters is 1. The van der Waals surface area contributed by atoms with E-state index in [1.54, 1.807) is 0 Å². The second-order valence-corrected chi connectivity index (χ2v) is 7.28. The van der Waals surface area contributed by atoms with Crippen LogP contribution < -0.4 is 0 Å². The van der Waals surface area contributed by atoms with Crippen LogP contribution >= 0.6 is 0 Å². The van der Waals surface area contributed by atoms with Gasteiger partial charge in [-0.1, -0.05) is 13.8 Å². The molecule has 2 nitrogen and oxygen atoms in total. The lowest BCUT2D eigenvalue weighted by Crippen LogP contribution is -2.34. The molecule has 0 heterocycles. The van der Waals surface area contributed by atoms with Crippen LogP contribution in [0.15, 0.2) is 0 Å². The van der Waals surface area contributed by atoms with Crippen LogP contribution in [0.3, 0.4) is 0 Å². The summed E-state index contributed by atoms with van der Waals surface area (Å²) in [5.41, 5.74) is -0.341. The van der Waals surface area contributed by atoms with Crippen LogP contribution in [0.2, 0.25) is 0 Å². The zero-order valence-electron chi connectivity index (χ0n) is 11.8. The Morgan fingerprint density at radius 1 is 1.18 bits per heavy atom. The highest BCUT2D eigenvalue weighted by Gasteiger charge is 2.50.